The molecular weight excluding hydrogens is 304 g/mol. The lowest BCUT2D eigenvalue weighted by Gasteiger charge is -2.22. The minimum atomic E-state index is -0.119. The molecule has 7 nitrogen and oxygen atoms in total. The van der Waals surface area contributed by atoms with Gasteiger partial charge in [0.25, 0.3) is 5.91 Å². The molecule has 1 aliphatic rings. The Hall–Kier alpha value is -2.67. The average molecular weight is 324 g/mol. The van der Waals surface area contributed by atoms with E-state index in [1.807, 2.05) is 35.0 Å². The lowest BCUT2D eigenvalue weighted by Crippen LogP contribution is -2.30. The first kappa shape index (κ1) is 14.9. The van der Waals surface area contributed by atoms with Gasteiger partial charge in [0.1, 0.15) is 5.65 Å². The molecule has 3 aromatic heterocycles. The van der Waals surface area contributed by atoms with Gasteiger partial charge >= 0.3 is 0 Å². The van der Waals surface area contributed by atoms with Crippen LogP contribution in [0.4, 0.5) is 0 Å². The monoisotopic (exact) mass is 324 g/mol. The molecule has 4 heterocycles. The molecule has 0 unspecified atom stereocenters. The maximum atomic E-state index is 12.4. The zero-order valence-electron chi connectivity index (χ0n) is 13.6. The van der Waals surface area contributed by atoms with Crippen molar-refractivity contribution in [3.8, 4) is 0 Å². The number of hydrogen-bond acceptors (Lipinski definition) is 4. The average Bonchev–Trinajstić information content (AvgIpc) is 3.17. The van der Waals surface area contributed by atoms with Gasteiger partial charge < -0.3 is 14.6 Å². The zero-order chi connectivity index (χ0) is 16.5. The van der Waals surface area contributed by atoms with E-state index in [0.29, 0.717) is 18.7 Å². The fourth-order valence-electron chi connectivity index (χ4n) is 3.11. The molecule has 1 aliphatic heterocycles. The van der Waals surface area contributed by atoms with Crippen LogP contribution in [-0.2, 0) is 19.4 Å². The van der Waals surface area contributed by atoms with E-state index in [1.165, 1.54) is 0 Å². The summed E-state index contributed by atoms with van der Waals surface area (Å²) in [6, 6.07) is 5.90. The fraction of sp³-hybridized carbons (Fsp3) is 0.353. The van der Waals surface area contributed by atoms with E-state index in [2.05, 4.69) is 32.4 Å². The van der Waals surface area contributed by atoms with Crippen LogP contribution in [0.15, 0.2) is 30.6 Å². The van der Waals surface area contributed by atoms with Gasteiger partial charge in [-0.2, -0.15) is 5.10 Å². The first-order valence-corrected chi connectivity index (χ1v) is 8.16. The largest absolute Gasteiger partial charge is 0.350 e. The Morgan fingerprint density at radius 3 is 3.21 bits per heavy atom. The highest BCUT2D eigenvalue weighted by Crippen LogP contribution is 2.19. The Morgan fingerprint density at radius 2 is 2.33 bits per heavy atom. The number of amides is 1. The highest BCUT2D eigenvalue weighted by molar-refractivity contribution is 5.94. The first-order chi connectivity index (χ1) is 11.7. The van der Waals surface area contributed by atoms with E-state index < -0.39 is 0 Å². The minimum absolute atomic E-state index is 0.119. The van der Waals surface area contributed by atoms with Gasteiger partial charge in [0.2, 0.25) is 0 Å². The summed E-state index contributed by atoms with van der Waals surface area (Å²) in [7, 11) is 2.06. The number of fused-ring (bicyclic) bond motifs is 2. The number of rotatable bonds is 4. The lowest BCUT2D eigenvalue weighted by atomic mass is 10.1. The molecule has 0 atom stereocenters. The Bertz CT molecular complexity index is 847. The highest BCUT2D eigenvalue weighted by Gasteiger charge is 2.23. The number of likely N-dealkylation sites (N-methyl/N-ethyl adjacent to an activating group) is 1. The van der Waals surface area contributed by atoms with Crippen LogP contribution in [-0.4, -0.2) is 50.5 Å². The zero-order valence-corrected chi connectivity index (χ0v) is 13.6. The van der Waals surface area contributed by atoms with Crippen molar-refractivity contribution in [1.29, 1.82) is 0 Å². The van der Waals surface area contributed by atoms with Crippen LogP contribution < -0.4 is 5.32 Å². The number of hydrogen-bond donors (Lipinski definition) is 2. The van der Waals surface area contributed by atoms with Crippen LogP contribution in [0.3, 0.4) is 0 Å². The summed E-state index contributed by atoms with van der Waals surface area (Å²) < 4.78 is 1.98. The quantitative estimate of drug-likeness (QED) is 0.751. The predicted molar refractivity (Wildman–Crippen MR) is 89.9 cm³/mol. The number of aromatic nitrogens is 4. The maximum Gasteiger partial charge on any atom is 0.272 e. The third-order valence-electron chi connectivity index (χ3n) is 4.42. The molecule has 0 saturated heterocycles. The molecule has 0 spiro atoms. The van der Waals surface area contributed by atoms with Crippen molar-refractivity contribution in [3.05, 3.63) is 53.2 Å². The summed E-state index contributed by atoms with van der Waals surface area (Å²) in [6.45, 7) is 2.30. The highest BCUT2D eigenvalue weighted by atomic mass is 16.1. The van der Waals surface area contributed by atoms with Crippen molar-refractivity contribution in [2.45, 2.75) is 19.4 Å². The molecule has 4 rings (SSSR count). The SMILES string of the molecule is CN1CCc2[nH]nc(C(=O)NCCc3cn4ccccc4n3)c2C1. The molecular formula is C17H20N6O. The van der Waals surface area contributed by atoms with E-state index in [4.69, 9.17) is 0 Å². The lowest BCUT2D eigenvalue weighted by molar-refractivity contribution is 0.0947. The number of carbonyl (C=O) groups is 1. The Kier molecular flexibility index (Phi) is 3.78. The van der Waals surface area contributed by atoms with E-state index in [9.17, 15) is 4.79 Å². The fourth-order valence-corrected chi connectivity index (χ4v) is 3.11. The third kappa shape index (κ3) is 2.78. The molecule has 3 aromatic rings. The maximum absolute atomic E-state index is 12.4. The van der Waals surface area contributed by atoms with Crippen LogP contribution in [0.2, 0.25) is 0 Å². The van der Waals surface area contributed by atoms with E-state index in [0.717, 1.165) is 42.1 Å². The molecule has 0 saturated carbocycles. The second kappa shape index (κ2) is 6.09. The van der Waals surface area contributed by atoms with Crippen LogP contribution in [0.1, 0.15) is 27.4 Å². The summed E-state index contributed by atoms with van der Waals surface area (Å²) in [5.41, 5.74) is 4.51. The van der Waals surface area contributed by atoms with E-state index in [1.54, 1.807) is 0 Å². The van der Waals surface area contributed by atoms with Crippen molar-refractivity contribution in [1.82, 2.24) is 29.8 Å². The summed E-state index contributed by atoms with van der Waals surface area (Å²) >= 11 is 0. The van der Waals surface area contributed by atoms with Crippen molar-refractivity contribution >= 4 is 11.6 Å². The van der Waals surface area contributed by atoms with Gasteiger partial charge in [-0.1, -0.05) is 6.07 Å². The van der Waals surface area contributed by atoms with Gasteiger partial charge in [0, 0.05) is 56.1 Å². The standard InChI is InChI=1S/C17H20N6O/c1-22-9-6-14-13(11-22)16(21-20-14)17(24)18-7-5-12-10-23-8-3-2-4-15(23)19-12/h2-4,8,10H,5-7,9,11H2,1H3,(H,18,24)(H,20,21). The van der Waals surface area contributed by atoms with Gasteiger partial charge in [-0.25, -0.2) is 4.98 Å². The summed E-state index contributed by atoms with van der Waals surface area (Å²) in [6.07, 6.45) is 5.57. The van der Waals surface area contributed by atoms with Gasteiger partial charge in [-0.3, -0.25) is 9.89 Å². The molecule has 0 aromatic carbocycles. The molecule has 124 valence electrons. The Balaban J connectivity index is 1.39. The normalized spacial score (nSPS) is 14.7. The third-order valence-corrected chi connectivity index (χ3v) is 4.42. The summed E-state index contributed by atoms with van der Waals surface area (Å²) in [5, 5.41) is 10.2. The van der Waals surface area contributed by atoms with Crippen LogP contribution in [0.25, 0.3) is 5.65 Å². The van der Waals surface area contributed by atoms with Crippen LogP contribution in [0, 0.1) is 0 Å². The van der Waals surface area contributed by atoms with Gasteiger partial charge in [0.05, 0.1) is 5.69 Å². The number of aromatic amines is 1. The van der Waals surface area contributed by atoms with Crippen molar-refractivity contribution in [3.63, 3.8) is 0 Å². The number of carbonyl (C=O) groups excluding carboxylic acids is 1. The first-order valence-electron chi connectivity index (χ1n) is 8.16. The smallest absolute Gasteiger partial charge is 0.272 e. The molecule has 7 heteroatoms. The number of pyridine rings is 1. The molecule has 24 heavy (non-hydrogen) atoms. The second-order valence-electron chi connectivity index (χ2n) is 6.22. The Labute approximate surface area is 139 Å². The van der Waals surface area contributed by atoms with Gasteiger partial charge in [0.15, 0.2) is 5.69 Å². The van der Waals surface area contributed by atoms with Crippen molar-refractivity contribution < 1.29 is 4.79 Å². The van der Waals surface area contributed by atoms with E-state index >= 15 is 0 Å². The number of imidazole rings is 1. The molecule has 0 bridgehead atoms. The van der Waals surface area contributed by atoms with Gasteiger partial charge in [-0.15, -0.1) is 0 Å². The molecule has 0 aliphatic carbocycles. The number of nitrogens with one attached hydrogen (secondary N) is 2. The topological polar surface area (TPSA) is 78.3 Å². The van der Waals surface area contributed by atoms with E-state index in [-0.39, 0.29) is 5.91 Å². The summed E-state index contributed by atoms with van der Waals surface area (Å²) in [5.74, 6) is -0.119. The van der Waals surface area contributed by atoms with Gasteiger partial charge in [-0.05, 0) is 19.2 Å². The predicted octanol–water partition coefficient (Wildman–Crippen LogP) is 1.02. The Morgan fingerprint density at radius 1 is 1.42 bits per heavy atom. The van der Waals surface area contributed by atoms with Crippen molar-refractivity contribution in [2.24, 2.45) is 0 Å². The van der Waals surface area contributed by atoms with Crippen LogP contribution >= 0.6 is 0 Å². The molecule has 0 fully saturated rings. The number of H-pyrrole nitrogens is 1. The molecule has 2 N–H and O–H groups in total. The molecule has 0 radical (unpaired) electrons. The molecule has 1 amide bonds. The minimum Gasteiger partial charge on any atom is -0.350 e. The van der Waals surface area contributed by atoms with Crippen LogP contribution in [0.5, 0.6) is 0 Å². The summed E-state index contributed by atoms with van der Waals surface area (Å²) in [4.78, 5) is 19.1. The van der Waals surface area contributed by atoms with Crippen molar-refractivity contribution in [2.75, 3.05) is 20.1 Å². The second-order valence-corrected chi connectivity index (χ2v) is 6.22. The number of nitrogens with zero attached hydrogens (tertiary/aromatic N) is 4.